The van der Waals surface area contributed by atoms with Gasteiger partial charge in [-0.1, -0.05) is 46.8 Å². The van der Waals surface area contributed by atoms with Gasteiger partial charge in [0, 0.05) is 5.69 Å². The van der Waals surface area contributed by atoms with Crippen LogP contribution in [-0.4, -0.2) is 35.0 Å². The second-order valence-corrected chi connectivity index (χ2v) is 8.60. The highest BCUT2D eigenvalue weighted by Gasteiger charge is 2.42. The fraction of sp³-hybridized carbons (Fsp3) is 0.400. The van der Waals surface area contributed by atoms with Crippen LogP contribution in [0.3, 0.4) is 0 Å². The van der Waals surface area contributed by atoms with Crippen LogP contribution in [0.2, 0.25) is 0 Å². The molecule has 0 amide bonds. The summed E-state index contributed by atoms with van der Waals surface area (Å²) < 4.78 is 90.6. The van der Waals surface area contributed by atoms with E-state index in [0.717, 1.165) is 48.2 Å². The monoisotopic (exact) mass is 533 g/mol. The molecular weight excluding hydrogens is 503 g/mol. The molecule has 204 valence electrons. The predicted octanol–water partition coefficient (Wildman–Crippen LogP) is 7.58. The van der Waals surface area contributed by atoms with Gasteiger partial charge in [0.05, 0.1) is 29.2 Å². The average molecular weight is 534 g/mol. The van der Waals surface area contributed by atoms with Crippen molar-refractivity contribution in [3.63, 3.8) is 0 Å². The summed E-state index contributed by atoms with van der Waals surface area (Å²) in [4.78, 5) is 4.95. The Morgan fingerprint density at radius 3 is 2.08 bits per heavy atom. The van der Waals surface area contributed by atoms with Gasteiger partial charge in [-0.05, 0) is 36.8 Å². The van der Waals surface area contributed by atoms with Gasteiger partial charge in [0.2, 0.25) is 5.62 Å². The molecule has 0 radical (unpaired) electrons. The zero-order valence-corrected chi connectivity index (χ0v) is 21.3. The molecule has 0 saturated carbocycles. The minimum absolute atomic E-state index is 0.0224. The van der Waals surface area contributed by atoms with Crippen LogP contribution in [0.1, 0.15) is 40.2 Å². The fourth-order valence-corrected chi connectivity index (χ4v) is 2.85. The van der Waals surface area contributed by atoms with E-state index in [0.29, 0.717) is 5.69 Å². The van der Waals surface area contributed by atoms with Gasteiger partial charge in [0.1, 0.15) is 5.82 Å². The van der Waals surface area contributed by atoms with E-state index < -0.39 is 41.8 Å². The first-order valence-electron chi connectivity index (χ1n) is 11.2. The minimum Gasteiger partial charge on any atom is -0.320 e. The molecule has 2 aromatic carbocycles. The van der Waals surface area contributed by atoms with E-state index in [1.807, 2.05) is 13.8 Å². The van der Waals surface area contributed by atoms with E-state index in [1.165, 1.54) is 6.07 Å². The van der Waals surface area contributed by atoms with E-state index in [4.69, 9.17) is 10.8 Å². The van der Waals surface area contributed by atoms with E-state index in [1.54, 1.807) is 31.2 Å². The molecule has 3 rings (SSSR count). The van der Waals surface area contributed by atoms with E-state index in [9.17, 15) is 30.7 Å². The van der Waals surface area contributed by atoms with Crippen LogP contribution in [0.25, 0.3) is 10.9 Å². The first kappa shape index (κ1) is 31.6. The molecule has 3 aromatic rings. The third-order valence-electron chi connectivity index (χ3n) is 4.87. The Bertz CT molecular complexity index is 1250. The van der Waals surface area contributed by atoms with Crippen LogP contribution in [0, 0.1) is 34.8 Å². The molecule has 37 heavy (non-hydrogen) atoms. The van der Waals surface area contributed by atoms with E-state index in [2.05, 4.69) is 4.98 Å². The third-order valence-corrected chi connectivity index (χ3v) is 4.87. The summed E-state index contributed by atoms with van der Waals surface area (Å²) in [5.41, 5.74) is -0.970. The van der Waals surface area contributed by atoms with Crippen molar-refractivity contribution in [2.45, 2.75) is 54.1 Å². The molecule has 0 fully saturated rings. The fourth-order valence-electron chi connectivity index (χ4n) is 2.85. The number of halogens is 7. The lowest BCUT2D eigenvalue weighted by Gasteiger charge is -2.26. The quantitative estimate of drug-likeness (QED) is 0.202. The molecule has 0 saturated heterocycles. The number of alkyl halides is 5. The van der Waals surface area contributed by atoms with Gasteiger partial charge in [-0.2, -0.15) is 18.2 Å². The number of aromatic nitrogens is 2. The number of benzene rings is 2. The van der Waals surface area contributed by atoms with Crippen LogP contribution in [0.4, 0.5) is 42.2 Å². The van der Waals surface area contributed by atoms with Gasteiger partial charge in [0.25, 0.3) is 6.43 Å². The highest BCUT2D eigenvalue weighted by atomic mass is 19.4. The maximum atomic E-state index is 14.6. The largest absolute Gasteiger partial charge is 0.393 e. The molecule has 1 heterocycles. The number of aryl methyl sites for hydroxylation is 1. The van der Waals surface area contributed by atoms with Gasteiger partial charge in [0.15, 0.2) is 11.6 Å². The molecule has 0 aliphatic carbocycles. The lowest BCUT2D eigenvalue weighted by atomic mass is 9.96. The van der Waals surface area contributed by atoms with Crippen molar-refractivity contribution in [3.8, 4) is 0 Å². The lowest BCUT2D eigenvalue weighted by Crippen LogP contribution is -2.31. The maximum absolute atomic E-state index is 14.6. The Morgan fingerprint density at radius 1 is 1.05 bits per heavy atom. The highest BCUT2D eigenvalue weighted by Crippen LogP contribution is 2.36. The van der Waals surface area contributed by atoms with Crippen LogP contribution in [0.5, 0.6) is 0 Å². The van der Waals surface area contributed by atoms with Crippen molar-refractivity contribution in [1.29, 1.82) is 10.8 Å². The molecule has 5 nitrogen and oxygen atoms in total. The summed E-state index contributed by atoms with van der Waals surface area (Å²) in [5.74, 6) is -2.77. The van der Waals surface area contributed by atoms with Gasteiger partial charge < -0.3 is 4.90 Å². The smallest absolute Gasteiger partial charge is 0.320 e. The number of anilines is 2. The van der Waals surface area contributed by atoms with Gasteiger partial charge in [-0.25, -0.2) is 17.6 Å². The minimum atomic E-state index is -4.06. The highest BCUT2D eigenvalue weighted by molar-refractivity contribution is 5.94. The van der Waals surface area contributed by atoms with Gasteiger partial charge in [-0.3, -0.25) is 15.4 Å². The topological polar surface area (TPSA) is 68.8 Å². The number of nitrogens with zero attached hydrogens (tertiary/aromatic N) is 3. The van der Waals surface area contributed by atoms with Crippen molar-refractivity contribution in [2.24, 2.45) is 5.41 Å². The molecule has 0 bridgehead atoms. The first-order valence-corrected chi connectivity index (χ1v) is 11.2. The predicted molar refractivity (Wildman–Crippen MR) is 131 cm³/mol. The standard InChI is InChI=1S/C18H15F4N5.C5H9F3.C2H6/c1-10-3-2-4-11(7-10)26(8-14(20)21)17-15-13(6-5-12(19)16(15)22)27(9-23)18(24)25-17;1-4(2,3)5(6,7)8;1-2/h2-7,9,14,23-24H,8H2,1H3;1-3H3;1-2H3. The molecule has 0 aliphatic heterocycles. The Morgan fingerprint density at radius 2 is 1.62 bits per heavy atom. The summed E-state index contributed by atoms with van der Waals surface area (Å²) in [6.45, 7) is 8.38. The Labute approximate surface area is 210 Å². The lowest BCUT2D eigenvalue weighted by molar-refractivity contribution is -0.204. The van der Waals surface area contributed by atoms with Gasteiger partial charge in [-0.15, -0.1) is 0 Å². The van der Waals surface area contributed by atoms with Crippen LogP contribution < -0.4 is 10.5 Å². The average Bonchev–Trinajstić information content (AvgIpc) is 2.80. The van der Waals surface area contributed by atoms with Gasteiger partial charge >= 0.3 is 6.18 Å². The molecule has 1 aromatic heterocycles. The van der Waals surface area contributed by atoms with E-state index in [-0.39, 0.29) is 16.7 Å². The van der Waals surface area contributed by atoms with Crippen molar-refractivity contribution in [3.05, 3.63) is 59.2 Å². The SMILES string of the molecule is CC.CC(C)(C)C(F)(F)F.Cc1cccc(N(CC(F)F)c2nc(=N)n(C=N)c3ccc(F)c(F)c23)c1. The Hall–Kier alpha value is -3.44. The molecule has 12 heteroatoms. The summed E-state index contributed by atoms with van der Waals surface area (Å²) >= 11 is 0. The molecule has 0 unspecified atom stereocenters. The van der Waals surface area contributed by atoms with Crippen molar-refractivity contribution in [2.75, 3.05) is 11.4 Å². The molecule has 0 atom stereocenters. The van der Waals surface area contributed by atoms with Crippen molar-refractivity contribution >= 4 is 28.7 Å². The zero-order chi connectivity index (χ0) is 28.7. The van der Waals surface area contributed by atoms with Crippen LogP contribution >= 0.6 is 0 Å². The van der Waals surface area contributed by atoms with Crippen molar-refractivity contribution in [1.82, 2.24) is 9.55 Å². The van der Waals surface area contributed by atoms with Crippen LogP contribution in [-0.2, 0) is 0 Å². The number of fused-ring (bicyclic) bond motifs is 1. The number of hydrogen-bond acceptors (Lipinski definition) is 4. The summed E-state index contributed by atoms with van der Waals surface area (Å²) in [6.07, 6.45) is -6.13. The number of hydrogen-bond donors (Lipinski definition) is 2. The zero-order valence-electron chi connectivity index (χ0n) is 21.3. The normalized spacial score (nSPS) is 11.4. The third kappa shape index (κ3) is 7.77. The molecule has 0 aliphatic rings. The van der Waals surface area contributed by atoms with Crippen LogP contribution in [0.15, 0.2) is 36.4 Å². The van der Waals surface area contributed by atoms with E-state index >= 15 is 0 Å². The summed E-state index contributed by atoms with van der Waals surface area (Å²) in [7, 11) is 0. The number of rotatable bonds is 5. The Kier molecular flexibility index (Phi) is 10.8. The summed E-state index contributed by atoms with van der Waals surface area (Å²) in [5, 5.41) is 15.0. The molecule has 2 N–H and O–H groups in total. The Balaban J connectivity index is 0.000000586. The maximum Gasteiger partial charge on any atom is 0.393 e. The summed E-state index contributed by atoms with van der Waals surface area (Å²) in [6, 6.07) is 8.59. The van der Waals surface area contributed by atoms with Crippen molar-refractivity contribution < 1.29 is 30.7 Å². The second-order valence-electron chi connectivity index (χ2n) is 8.60. The molecular formula is C25H30F7N5. The second kappa shape index (κ2) is 12.7. The molecule has 0 spiro atoms. The first-order chi connectivity index (χ1) is 17.1. The number of nitrogens with one attached hydrogen (secondary N) is 2.